The third-order valence-electron chi connectivity index (χ3n) is 6.07. The maximum Gasteiger partial charge on any atom is 0.321 e. The van der Waals surface area contributed by atoms with Gasteiger partial charge < -0.3 is 24.5 Å². The molecule has 9 nitrogen and oxygen atoms in total. The molecule has 2 saturated heterocycles. The molecule has 1 aromatic heterocycles. The summed E-state index contributed by atoms with van der Waals surface area (Å²) in [5, 5.41) is 6.55. The molecule has 2 aliphatic heterocycles. The maximum atomic E-state index is 12.1. The zero-order valence-corrected chi connectivity index (χ0v) is 20.3. The summed E-state index contributed by atoms with van der Waals surface area (Å²) in [6, 6.07) is 11.5. The molecule has 35 heavy (non-hydrogen) atoms. The fourth-order valence-electron chi connectivity index (χ4n) is 4.11. The average Bonchev–Trinajstić information content (AvgIpc) is 3.50. The van der Waals surface area contributed by atoms with E-state index in [1.807, 2.05) is 31.2 Å². The number of nitrogens with one attached hydrogen (secondary N) is 2. The highest BCUT2D eigenvalue weighted by Gasteiger charge is 2.22. The van der Waals surface area contributed by atoms with Crippen LogP contribution in [0.1, 0.15) is 5.56 Å². The molecule has 0 saturated carbocycles. The first-order chi connectivity index (χ1) is 17.0. The van der Waals surface area contributed by atoms with Crippen LogP contribution >= 0.6 is 11.6 Å². The highest BCUT2D eigenvalue weighted by molar-refractivity contribution is 6.31. The van der Waals surface area contributed by atoms with E-state index in [-0.39, 0.29) is 6.03 Å². The summed E-state index contributed by atoms with van der Waals surface area (Å²) < 4.78 is 17.3. The SMILES string of the molecule is Cc1ccc(OCCN2CCOCC2)cc1Nc1ncc(-c2cc(Cl)cc(N3CCNC3=O)c2)o1. The number of anilines is 3. The van der Waals surface area contributed by atoms with E-state index in [0.29, 0.717) is 42.2 Å². The number of carbonyl (C=O) groups excluding carboxylic acids is 1. The molecule has 184 valence electrons. The van der Waals surface area contributed by atoms with E-state index in [1.54, 1.807) is 23.2 Å². The Hall–Kier alpha value is -3.27. The first-order valence-corrected chi connectivity index (χ1v) is 12.1. The van der Waals surface area contributed by atoms with Crippen molar-refractivity contribution < 1.29 is 18.7 Å². The maximum absolute atomic E-state index is 12.1. The summed E-state index contributed by atoms with van der Waals surface area (Å²) >= 11 is 6.33. The largest absolute Gasteiger partial charge is 0.492 e. The van der Waals surface area contributed by atoms with Crippen LogP contribution in [0.2, 0.25) is 5.02 Å². The van der Waals surface area contributed by atoms with Gasteiger partial charge in [0.25, 0.3) is 6.01 Å². The van der Waals surface area contributed by atoms with E-state index in [4.69, 9.17) is 25.5 Å². The lowest BCUT2D eigenvalue weighted by Gasteiger charge is -2.26. The Kier molecular flexibility index (Phi) is 7.08. The molecule has 0 aliphatic carbocycles. The van der Waals surface area contributed by atoms with Crippen molar-refractivity contribution in [2.45, 2.75) is 6.92 Å². The number of oxazole rings is 1. The second kappa shape index (κ2) is 10.6. The van der Waals surface area contributed by atoms with E-state index in [9.17, 15) is 4.79 Å². The summed E-state index contributed by atoms with van der Waals surface area (Å²) in [4.78, 5) is 20.4. The minimum Gasteiger partial charge on any atom is -0.492 e. The van der Waals surface area contributed by atoms with Crippen molar-refractivity contribution in [3.63, 3.8) is 0 Å². The van der Waals surface area contributed by atoms with E-state index >= 15 is 0 Å². The van der Waals surface area contributed by atoms with Gasteiger partial charge in [0, 0.05) is 60.8 Å². The number of hydrogen-bond acceptors (Lipinski definition) is 7. The predicted octanol–water partition coefficient (Wildman–Crippen LogP) is 4.29. The molecule has 2 amide bonds. The molecule has 10 heteroatoms. The third kappa shape index (κ3) is 5.70. The Balaban J connectivity index is 1.26. The highest BCUT2D eigenvalue weighted by Crippen LogP contribution is 2.32. The number of halogens is 1. The Morgan fingerprint density at radius 2 is 2.03 bits per heavy atom. The number of nitrogens with zero attached hydrogens (tertiary/aromatic N) is 3. The zero-order valence-electron chi connectivity index (χ0n) is 19.6. The van der Waals surface area contributed by atoms with Gasteiger partial charge in [-0.3, -0.25) is 9.80 Å². The predicted molar refractivity (Wildman–Crippen MR) is 135 cm³/mol. The van der Waals surface area contributed by atoms with Gasteiger partial charge >= 0.3 is 6.03 Å². The van der Waals surface area contributed by atoms with Gasteiger partial charge in [0.05, 0.1) is 19.4 Å². The monoisotopic (exact) mass is 497 g/mol. The fraction of sp³-hybridized carbons (Fsp3) is 0.360. The Morgan fingerprint density at radius 3 is 2.83 bits per heavy atom. The Labute approximate surface area is 209 Å². The lowest BCUT2D eigenvalue weighted by atomic mass is 10.1. The Bertz CT molecular complexity index is 1190. The number of carbonyl (C=O) groups is 1. The number of urea groups is 1. The molecule has 0 bridgehead atoms. The van der Waals surface area contributed by atoms with Crippen molar-refractivity contribution in [3.05, 3.63) is 53.2 Å². The number of amides is 2. The van der Waals surface area contributed by atoms with Gasteiger partial charge in [0.15, 0.2) is 5.76 Å². The molecular formula is C25H28ClN5O4. The van der Waals surface area contributed by atoms with E-state index in [2.05, 4.69) is 20.5 Å². The van der Waals surface area contributed by atoms with Crippen molar-refractivity contribution in [3.8, 4) is 17.1 Å². The molecule has 0 atom stereocenters. The zero-order chi connectivity index (χ0) is 24.2. The normalized spacial score (nSPS) is 16.4. The standard InChI is InChI=1S/C25H28ClN5O4/c1-17-2-3-21(34-11-8-30-6-9-33-10-7-30)15-22(17)29-24-28-16-23(35-24)18-12-19(26)14-20(13-18)31-5-4-27-25(31)32/h2-3,12-16H,4-11H2,1H3,(H,27,32)(H,28,29). The molecule has 2 N–H and O–H groups in total. The number of aromatic nitrogens is 1. The molecule has 2 aromatic carbocycles. The van der Waals surface area contributed by atoms with E-state index in [0.717, 1.165) is 55.4 Å². The number of morpholine rings is 1. The fourth-order valence-corrected chi connectivity index (χ4v) is 4.34. The van der Waals surface area contributed by atoms with Crippen molar-refractivity contribution in [2.24, 2.45) is 0 Å². The summed E-state index contributed by atoms with van der Waals surface area (Å²) in [5.41, 5.74) is 3.34. The molecule has 0 radical (unpaired) electrons. The average molecular weight is 498 g/mol. The van der Waals surface area contributed by atoms with Crippen LogP contribution in [0.4, 0.5) is 22.2 Å². The van der Waals surface area contributed by atoms with Crippen molar-refractivity contribution in [2.75, 3.05) is 62.8 Å². The van der Waals surface area contributed by atoms with E-state index < -0.39 is 0 Å². The first-order valence-electron chi connectivity index (χ1n) is 11.7. The van der Waals surface area contributed by atoms with Crippen molar-refractivity contribution in [1.82, 2.24) is 15.2 Å². The van der Waals surface area contributed by atoms with Crippen LogP contribution in [0, 0.1) is 6.92 Å². The number of aryl methyl sites for hydroxylation is 1. The van der Waals surface area contributed by atoms with Crippen LogP contribution in [0.5, 0.6) is 5.75 Å². The second-order valence-corrected chi connectivity index (χ2v) is 8.95. The number of benzene rings is 2. The smallest absolute Gasteiger partial charge is 0.321 e. The van der Waals surface area contributed by atoms with Gasteiger partial charge in [-0.05, 0) is 36.8 Å². The quantitative estimate of drug-likeness (QED) is 0.479. The van der Waals surface area contributed by atoms with Gasteiger partial charge in [-0.25, -0.2) is 9.78 Å². The first kappa shape index (κ1) is 23.5. The van der Waals surface area contributed by atoms with Crippen molar-refractivity contribution in [1.29, 1.82) is 0 Å². The molecule has 0 unspecified atom stereocenters. The van der Waals surface area contributed by atoms with Crippen LogP contribution in [-0.4, -0.2) is 68.5 Å². The molecular weight excluding hydrogens is 470 g/mol. The third-order valence-corrected chi connectivity index (χ3v) is 6.29. The van der Waals surface area contributed by atoms with Crippen LogP contribution < -0.4 is 20.3 Å². The van der Waals surface area contributed by atoms with Crippen LogP contribution in [0.15, 0.2) is 47.0 Å². The topological polar surface area (TPSA) is 92.1 Å². The van der Waals surface area contributed by atoms with Gasteiger partial charge in [0.2, 0.25) is 0 Å². The van der Waals surface area contributed by atoms with Crippen LogP contribution in [0.3, 0.4) is 0 Å². The van der Waals surface area contributed by atoms with Gasteiger partial charge in [-0.2, -0.15) is 0 Å². The minimum absolute atomic E-state index is 0.138. The van der Waals surface area contributed by atoms with Crippen LogP contribution in [-0.2, 0) is 4.74 Å². The Morgan fingerprint density at radius 1 is 1.17 bits per heavy atom. The number of rotatable bonds is 8. The van der Waals surface area contributed by atoms with Crippen molar-refractivity contribution >= 4 is 35.0 Å². The molecule has 2 fully saturated rings. The molecule has 3 aromatic rings. The molecule has 3 heterocycles. The van der Waals surface area contributed by atoms with Crippen LogP contribution in [0.25, 0.3) is 11.3 Å². The minimum atomic E-state index is -0.138. The second-order valence-electron chi connectivity index (χ2n) is 8.52. The lowest BCUT2D eigenvalue weighted by Crippen LogP contribution is -2.38. The van der Waals surface area contributed by atoms with Gasteiger partial charge in [-0.15, -0.1) is 0 Å². The number of ether oxygens (including phenoxy) is 2. The highest BCUT2D eigenvalue weighted by atomic mass is 35.5. The molecule has 0 spiro atoms. The van der Waals surface area contributed by atoms with Gasteiger partial charge in [0.1, 0.15) is 12.4 Å². The summed E-state index contributed by atoms with van der Waals surface area (Å²) in [7, 11) is 0. The van der Waals surface area contributed by atoms with E-state index in [1.165, 1.54) is 0 Å². The molecule has 2 aliphatic rings. The summed E-state index contributed by atoms with van der Waals surface area (Å²) in [5.74, 6) is 1.33. The summed E-state index contributed by atoms with van der Waals surface area (Å²) in [6.45, 7) is 8.11. The molecule has 5 rings (SSSR count). The summed E-state index contributed by atoms with van der Waals surface area (Å²) in [6.07, 6.45) is 1.64. The lowest BCUT2D eigenvalue weighted by molar-refractivity contribution is 0.0322. The van der Waals surface area contributed by atoms with Gasteiger partial charge in [-0.1, -0.05) is 17.7 Å². The number of hydrogen-bond donors (Lipinski definition) is 2.